The molecule has 0 atom stereocenters. The molecule has 5 nitrogen and oxygen atoms in total. The minimum atomic E-state index is 0.0542. The van der Waals surface area contributed by atoms with Gasteiger partial charge < -0.3 is 20.1 Å². The number of hydrogen-bond acceptors (Lipinski definition) is 5. The Labute approximate surface area is 149 Å². The van der Waals surface area contributed by atoms with Crippen LogP contribution in [0.15, 0.2) is 42.5 Å². The lowest BCUT2D eigenvalue weighted by molar-refractivity contribution is 0.101. The molecule has 0 aliphatic heterocycles. The first-order chi connectivity index (χ1) is 12.1. The first kappa shape index (κ1) is 19.0. The molecule has 5 heteroatoms. The van der Waals surface area contributed by atoms with E-state index in [9.17, 15) is 4.79 Å². The van der Waals surface area contributed by atoms with Crippen LogP contribution < -0.4 is 10.6 Å². The van der Waals surface area contributed by atoms with Gasteiger partial charge in [-0.05, 0) is 30.7 Å². The number of carbonyl (C=O) groups excluding carboxylic acids is 1. The van der Waals surface area contributed by atoms with Crippen molar-refractivity contribution >= 4 is 17.2 Å². The molecule has 0 saturated heterocycles. The Bertz CT molecular complexity index is 691. The third-order valence-electron chi connectivity index (χ3n) is 4.14. The van der Waals surface area contributed by atoms with Gasteiger partial charge in [0.15, 0.2) is 5.78 Å². The minimum Gasteiger partial charge on any atom is -0.398 e. The van der Waals surface area contributed by atoms with Gasteiger partial charge in [-0.1, -0.05) is 24.3 Å². The monoisotopic (exact) mass is 342 g/mol. The van der Waals surface area contributed by atoms with Crippen molar-refractivity contribution < 1.29 is 14.3 Å². The van der Waals surface area contributed by atoms with Gasteiger partial charge in [0.25, 0.3) is 0 Å². The SMILES string of the molecule is COCCN(CCOC)c1ccc(N)c(-c2ccc(C(C)=O)cc2)c1. The van der Waals surface area contributed by atoms with E-state index in [0.717, 1.165) is 29.9 Å². The van der Waals surface area contributed by atoms with Crippen LogP contribution >= 0.6 is 0 Å². The highest BCUT2D eigenvalue weighted by atomic mass is 16.5. The smallest absolute Gasteiger partial charge is 0.159 e. The molecule has 0 heterocycles. The molecule has 2 N–H and O–H groups in total. The molecule has 0 aliphatic rings. The molecule has 134 valence electrons. The van der Waals surface area contributed by atoms with Crippen LogP contribution in [0, 0.1) is 0 Å². The van der Waals surface area contributed by atoms with E-state index in [4.69, 9.17) is 15.2 Å². The van der Waals surface area contributed by atoms with E-state index in [1.165, 1.54) is 0 Å². The van der Waals surface area contributed by atoms with E-state index in [1.54, 1.807) is 21.1 Å². The number of nitrogens with zero attached hydrogens (tertiary/aromatic N) is 1. The Morgan fingerprint density at radius 3 is 2.12 bits per heavy atom. The fraction of sp³-hybridized carbons (Fsp3) is 0.350. The van der Waals surface area contributed by atoms with Crippen LogP contribution in [-0.2, 0) is 9.47 Å². The first-order valence-corrected chi connectivity index (χ1v) is 8.30. The third-order valence-corrected chi connectivity index (χ3v) is 4.14. The lowest BCUT2D eigenvalue weighted by Gasteiger charge is -2.25. The van der Waals surface area contributed by atoms with Gasteiger partial charge in [0.05, 0.1) is 13.2 Å². The number of nitrogen functional groups attached to an aromatic ring is 1. The average molecular weight is 342 g/mol. The molecule has 25 heavy (non-hydrogen) atoms. The van der Waals surface area contributed by atoms with E-state index in [0.29, 0.717) is 24.5 Å². The van der Waals surface area contributed by atoms with E-state index in [-0.39, 0.29) is 5.78 Å². The Balaban J connectivity index is 2.32. The molecule has 0 aliphatic carbocycles. The molecule has 2 aromatic carbocycles. The van der Waals surface area contributed by atoms with Gasteiger partial charge in [-0.25, -0.2) is 0 Å². The molecule has 0 radical (unpaired) electrons. The summed E-state index contributed by atoms with van der Waals surface area (Å²) >= 11 is 0. The highest BCUT2D eigenvalue weighted by Gasteiger charge is 2.11. The van der Waals surface area contributed by atoms with Crippen LogP contribution in [0.2, 0.25) is 0 Å². The number of hydrogen-bond donors (Lipinski definition) is 1. The summed E-state index contributed by atoms with van der Waals surface area (Å²) in [6, 6.07) is 13.5. The predicted octanol–water partition coefficient (Wildman–Crippen LogP) is 3.24. The summed E-state index contributed by atoms with van der Waals surface area (Å²) in [5.41, 5.74) is 10.6. The molecular formula is C20H26N2O3. The van der Waals surface area contributed by atoms with Crippen molar-refractivity contribution in [1.29, 1.82) is 0 Å². The number of rotatable bonds is 9. The molecule has 0 bridgehead atoms. The molecule has 2 aromatic rings. The summed E-state index contributed by atoms with van der Waals surface area (Å²) in [4.78, 5) is 13.7. The Hall–Kier alpha value is -2.37. The van der Waals surface area contributed by atoms with Crippen LogP contribution in [0.4, 0.5) is 11.4 Å². The zero-order valence-electron chi connectivity index (χ0n) is 15.1. The van der Waals surface area contributed by atoms with Crippen LogP contribution in [0.1, 0.15) is 17.3 Å². The number of ketones is 1. The highest BCUT2D eigenvalue weighted by molar-refractivity contribution is 5.94. The maximum Gasteiger partial charge on any atom is 0.159 e. The molecule has 0 unspecified atom stereocenters. The summed E-state index contributed by atoms with van der Waals surface area (Å²) in [6.45, 7) is 4.37. The van der Waals surface area contributed by atoms with Crippen LogP contribution in [-0.4, -0.2) is 46.3 Å². The van der Waals surface area contributed by atoms with Crippen molar-refractivity contribution in [2.75, 3.05) is 51.2 Å². The molecule has 0 saturated carbocycles. The number of ether oxygens (including phenoxy) is 2. The molecule has 0 aromatic heterocycles. The Kier molecular flexibility index (Phi) is 6.98. The second-order valence-corrected chi connectivity index (χ2v) is 5.88. The number of carbonyl (C=O) groups is 1. The zero-order valence-corrected chi connectivity index (χ0v) is 15.1. The van der Waals surface area contributed by atoms with Gasteiger partial charge in [-0.2, -0.15) is 0 Å². The number of nitrogens with two attached hydrogens (primary N) is 1. The third kappa shape index (κ3) is 5.05. The largest absolute Gasteiger partial charge is 0.398 e. The highest BCUT2D eigenvalue weighted by Crippen LogP contribution is 2.30. The number of benzene rings is 2. The van der Waals surface area contributed by atoms with Crippen molar-refractivity contribution in [2.24, 2.45) is 0 Å². The molecule has 2 rings (SSSR count). The first-order valence-electron chi connectivity index (χ1n) is 8.30. The van der Waals surface area contributed by atoms with E-state index in [2.05, 4.69) is 11.0 Å². The van der Waals surface area contributed by atoms with Crippen LogP contribution in [0.5, 0.6) is 0 Å². The van der Waals surface area contributed by atoms with Crippen molar-refractivity contribution in [3.63, 3.8) is 0 Å². The Morgan fingerprint density at radius 2 is 1.60 bits per heavy atom. The van der Waals surface area contributed by atoms with Crippen LogP contribution in [0.3, 0.4) is 0 Å². The number of methoxy groups -OCH3 is 2. The molecule has 0 amide bonds. The summed E-state index contributed by atoms with van der Waals surface area (Å²) in [6.07, 6.45) is 0. The van der Waals surface area contributed by atoms with Gasteiger partial charge in [-0.3, -0.25) is 4.79 Å². The summed E-state index contributed by atoms with van der Waals surface area (Å²) in [7, 11) is 3.39. The molecular weight excluding hydrogens is 316 g/mol. The standard InChI is InChI=1S/C20H26N2O3/c1-15(23)16-4-6-17(7-5-16)19-14-18(8-9-20(19)21)22(10-12-24-2)11-13-25-3/h4-9,14H,10-13,21H2,1-3H3. The fourth-order valence-electron chi connectivity index (χ4n) is 2.65. The number of Topliss-reactive ketones (excluding diaryl/α,β-unsaturated/α-hetero) is 1. The maximum atomic E-state index is 11.4. The topological polar surface area (TPSA) is 64.8 Å². The Morgan fingerprint density at radius 1 is 1.00 bits per heavy atom. The van der Waals surface area contributed by atoms with Crippen molar-refractivity contribution in [2.45, 2.75) is 6.92 Å². The van der Waals surface area contributed by atoms with Gasteiger partial charge in [0.1, 0.15) is 0 Å². The van der Waals surface area contributed by atoms with E-state index < -0.39 is 0 Å². The molecule has 0 fully saturated rings. The fourth-order valence-corrected chi connectivity index (χ4v) is 2.65. The average Bonchev–Trinajstić information content (AvgIpc) is 2.62. The lowest BCUT2D eigenvalue weighted by Crippen LogP contribution is -2.30. The minimum absolute atomic E-state index is 0.0542. The van der Waals surface area contributed by atoms with E-state index in [1.807, 2.05) is 36.4 Å². The maximum absolute atomic E-state index is 11.4. The van der Waals surface area contributed by atoms with Crippen molar-refractivity contribution in [3.8, 4) is 11.1 Å². The van der Waals surface area contributed by atoms with Crippen molar-refractivity contribution in [1.82, 2.24) is 0 Å². The van der Waals surface area contributed by atoms with Crippen molar-refractivity contribution in [3.05, 3.63) is 48.0 Å². The summed E-state index contributed by atoms with van der Waals surface area (Å²) in [5.74, 6) is 0.0542. The predicted molar refractivity (Wildman–Crippen MR) is 102 cm³/mol. The van der Waals surface area contributed by atoms with Gasteiger partial charge >= 0.3 is 0 Å². The van der Waals surface area contributed by atoms with Gasteiger partial charge in [0, 0.05) is 49.8 Å². The van der Waals surface area contributed by atoms with E-state index >= 15 is 0 Å². The summed E-state index contributed by atoms with van der Waals surface area (Å²) in [5, 5.41) is 0. The second-order valence-electron chi connectivity index (χ2n) is 5.88. The van der Waals surface area contributed by atoms with Crippen LogP contribution in [0.25, 0.3) is 11.1 Å². The normalized spacial score (nSPS) is 10.7. The zero-order chi connectivity index (χ0) is 18.2. The lowest BCUT2D eigenvalue weighted by atomic mass is 10.0. The molecule has 0 spiro atoms. The number of anilines is 2. The van der Waals surface area contributed by atoms with Gasteiger partial charge in [-0.15, -0.1) is 0 Å². The van der Waals surface area contributed by atoms with Gasteiger partial charge in [0.2, 0.25) is 0 Å². The summed E-state index contributed by atoms with van der Waals surface area (Å²) < 4.78 is 10.4. The quantitative estimate of drug-likeness (QED) is 0.560. The second kappa shape index (κ2) is 9.20.